The summed E-state index contributed by atoms with van der Waals surface area (Å²) in [5.41, 5.74) is 8.39. The van der Waals surface area contributed by atoms with Crippen molar-refractivity contribution in [2.75, 3.05) is 19.8 Å². The first-order valence-corrected chi connectivity index (χ1v) is 18.6. The Morgan fingerprint density at radius 3 is 1.16 bits per heavy atom. The average Bonchev–Trinajstić information content (AvgIpc) is 2.96. The minimum absolute atomic E-state index is 0. The van der Waals surface area contributed by atoms with Crippen LogP contribution in [0.4, 0.5) is 25.2 Å². The number of rotatable bonds is 5. The van der Waals surface area contributed by atoms with Gasteiger partial charge in [-0.2, -0.15) is 0 Å². The van der Waals surface area contributed by atoms with Gasteiger partial charge in [0.25, 0.3) is 0 Å². The maximum atomic E-state index is 9.87. The molecule has 2 aromatic heterocycles. The van der Waals surface area contributed by atoms with E-state index in [4.69, 9.17) is 25.3 Å². The first-order chi connectivity index (χ1) is 22.0. The third-order valence-corrected chi connectivity index (χ3v) is 10.1. The molecule has 0 aromatic carbocycles. The van der Waals surface area contributed by atoms with E-state index in [1.165, 1.54) is 35.4 Å². The molecule has 0 aliphatic heterocycles. The van der Waals surface area contributed by atoms with Crippen molar-refractivity contribution in [3.63, 3.8) is 0 Å². The van der Waals surface area contributed by atoms with Crippen LogP contribution in [0.1, 0.15) is 120 Å². The van der Waals surface area contributed by atoms with Crippen molar-refractivity contribution in [3.05, 3.63) is 72.1 Å². The number of hydrogen-bond acceptors (Lipinski definition) is 5. The van der Waals surface area contributed by atoms with Crippen molar-refractivity contribution in [1.82, 2.24) is 9.97 Å². The van der Waals surface area contributed by atoms with Crippen LogP contribution in [0.25, 0.3) is 11.4 Å². The van der Waals surface area contributed by atoms with Gasteiger partial charge in [-0.15, -0.1) is 13.2 Å². The third kappa shape index (κ3) is 11.1. The van der Waals surface area contributed by atoms with E-state index in [9.17, 15) is 25.2 Å². The fraction of sp³-hybridized carbons (Fsp3) is 0.611. The maximum Gasteiger partial charge on any atom is 1.00 e. The standard InChI is InChI=1S/C30H36N2.3C2H6O.Cu.F6P/c1-7-9-17-21-15-23(29(21,3)4)19-11-13-25(31-27(17)19)26-14-12-20-24-16-22(30(24,5)6)18(10-8-2)28(20)32-26;3*1-2-3;;1-7(2,3,4,5)6/h7-8,11-14,17-18,21-24H,1-2,9-10,15-16H2,3-6H3;3*3H,2H2,1H3;;/q;;;;+1;-1/t17-,18-,21+,22+,23-,24-;;;;;/m0...../s1. The second-order valence-electron chi connectivity index (χ2n) is 13.9. The zero-order valence-corrected chi connectivity index (χ0v) is 31.4. The van der Waals surface area contributed by atoms with E-state index in [0.717, 1.165) is 24.2 Å². The number of allylic oxidation sites excluding steroid dienone is 2. The van der Waals surface area contributed by atoms with Crippen LogP contribution in [0.15, 0.2) is 49.6 Å². The average molecular weight is 771 g/mol. The molecule has 6 atom stereocenters. The number of nitrogens with zero attached hydrogens (tertiary/aromatic N) is 2. The monoisotopic (exact) mass is 770 g/mol. The van der Waals surface area contributed by atoms with Crippen LogP contribution in [0.3, 0.4) is 0 Å². The van der Waals surface area contributed by atoms with Crippen LogP contribution in [0, 0.1) is 22.7 Å². The fourth-order valence-corrected chi connectivity index (χ4v) is 8.07. The Kier molecular flexibility index (Phi) is 15.0. The van der Waals surface area contributed by atoms with Crippen LogP contribution < -0.4 is 0 Å². The van der Waals surface area contributed by atoms with Crippen molar-refractivity contribution in [2.24, 2.45) is 22.7 Å². The number of halogens is 6. The summed E-state index contributed by atoms with van der Waals surface area (Å²) in [5.74, 6) is 3.69. The molecule has 13 heteroatoms. The molecule has 0 saturated heterocycles. The van der Waals surface area contributed by atoms with Crippen molar-refractivity contribution >= 4 is 7.81 Å². The molecular weight excluding hydrogens is 717 g/mol. The Bertz CT molecular complexity index is 1320. The summed E-state index contributed by atoms with van der Waals surface area (Å²) in [6, 6.07) is 9.17. The molecule has 4 bridgehead atoms. The Morgan fingerprint density at radius 1 is 0.673 bits per heavy atom. The maximum absolute atomic E-state index is 10.7. The molecule has 0 radical (unpaired) electrons. The molecule has 5 nitrogen and oxygen atoms in total. The summed E-state index contributed by atoms with van der Waals surface area (Å²) in [7, 11) is -10.7. The van der Waals surface area contributed by atoms with E-state index in [1.54, 1.807) is 20.8 Å². The molecule has 6 aliphatic carbocycles. The van der Waals surface area contributed by atoms with Gasteiger partial charge in [0.2, 0.25) is 0 Å². The molecule has 2 heterocycles. The SMILES string of the molecule is C=CC[C@@H]1c2nc(-c3ccc4c(n3)[C@@H](CC=C)[C@H]3C[C@@H]4C3(C)C)ccc2[C@@H]2C[C@H]1C2(C)C.CCO.CCO.CCO.F[P-](F)(F)(F)(F)F.[Cu+]. The molecule has 49 heavy (non-hydrogen) atoms. The minimum Gasteiger partial charge on any atom is 1.00 e. The van der Waals surface area contributed by atoms with E-state index >= 15 is 0 Å². The number of hydrogen-bond donors (Lipinski definition) is 3. The molecule has 0 spiro atoms. The van der Waals surface area contributed by atoms with Crippen molar-refractivity contribution in [2.45, 2.75) is 97.8 Å². The topological polar surface area (TPSA) is 86.5 Å². The first kappa shape index (κ1) is 45.2. The minimum atomic E-state index is -10.7. The molecule has 6 aliphatic rings. The van der Waals surface area contributed by atoms with Gasteiger partial charge in [-0.1, -0.05) is 52.0 Å². The summed E-state index contributed by atoms with van der Waals surface area (Å²) in [5, 5.41) is 22.7. The zero-order chi connectivity index (χ0) is 36.9. The van der Waals surface area contributed by atoms with Crippen molar-refractivity contribution in [3.8, 4) is 11.4 Å². The van der Waals surface area contributed by atoms with Crippen LogP contribution in [-0.2, 0) is 17.1 Å². The van der Waals surface area contributed by atoms with Gasteiger partial charge in [0.1, 0.15) is 0 Å². The Hall–Kier alpha value is -1.81. The second kappa shape index (κ2) is 16.2. The van der Waals surface area contributed by atoms with Gasteiger partial charge < -0.3 is 15.3 Å². The van der Waals surface area contributed by atoms with E-state index in [-0.39, 0.29) is 36.9 Å². The van der Waals surface area contributed by atoms with E-state index in [1.807, 2.05) is 0 Å². The van der Waals surface area contributed by atoms with Gasteiger partial charge in [0.15, 0.2) is 0 Å². The molecule has 0 amide bonds. The van der Waals surface area contributed by atoms with Crippen molar-refractivity contribution < 1.29 is 57.6 Å². The summed E-state index contributed by atoms with van der Waals surface area (Å²) < 4.78 is 59.2. The van der Waals surface area contributed by atoms with Crippen LogP contribution in [0.5, 0.6) is 0 Å². The van der Waals surface area contributed by atoms with E-state index < -0.39 is 7.81 Å². The van der Waals surface area contributed by atoms with Gasteiger partial charge >= 0.3 is 50.1 Å². The summed E-state index contributed by atoms with van der Waals surface area (Å²) in [6.45, 7) is 23.7. The van der Waals surface area contributed by atoms with E-state index in [2.05, 4.69) is 77.3 Å². The van der Waals surface area contributed by atoms with Gasteiger partial charge in [-0.25, -0.2) is 0 Å². The molecule has 2 saturated carbocycles. The van der Waals surface area contributed by atoms with Crippen LogP contribution in [0.2, 0.25) is 0 Å². The molecule has 2 fully saturated rings. The van der Waals surface area contributed by atoms with Gasteiger partial charge in [0, 0.05) is 43.0 Å². The molecule has 284 valence electrons. The summed E-state index contributed by atoms with van der Waals surface area (Å²) >= 11 is 0. The molecular formula is C36H54CuF6N2O3P. The zero-order valence-electron chi connectivity index (χ0n) is 29.5. The Morgan fingerprint density at radius 2 is 0.939 bits per heavy atom. The molecule has 2 aromatic rings. The molecule has 3 N–H and O–H groups in total. The number of aliphatic hydroxyl groups is 3. The van der Waals surface area contributed by atoms with Crippen molar-refractivity contribution in [1.29, 1.82) is 0 Å². The second-order valence-corrected chi connectivity index (χ2v) is 15.9. The van der Waals surface area contributed by atoms with Gasteiger partial charge in [-0.05, 0) is 104 Å². The van der Waals surface area contributed by atoms with Crippen LogP contribution in [-0.4, -0.2) is 45.1 Å². The number of aliphatic hydroxyl groups excluding tert-OH is 3. The largest absolute Gasteiger partial charge is 1.00 e. The Labute approximate surface area is 298 Å². The normalized spacial score (nSPS) is 26.9. The third-order valence-electron chi connectivity index (χ3n) is 10.1. The predicted molar refractivity (Wildman–Crippen MR) is 184 cm³/mol. The van der Waals surface area contributed by atoms with E-state index in [0.29, 0.717) is 46.3 Å². The van der Waals surface area contributed by atoms with Gasteiger partial charge in [-0.3, -0.25) is 9.97 Å². The molecule has 0 unspecified atom stereocenters. The smallest absolute Gasteiger partial charge is 1.00 e. The Balaban J connectivity index is 0.000000600. The summed E-state index contributed by atoms with van der Waals surface area (Å²) in [6.07, 6.45) is 8.81. The first-order valence-electron chi connectivity index (χ1n) is 16.6. The van der Waals surface area contributed by atoms with Crippen LogP contribution >= 0.6 is 7.81 Å². The number of pyridine rings is 2. The predicted octanol–water partition coefficient (Wildman–Crippen LogP) is 11.1. The van der Waals surface area contributed by atoms with Gasteiger partial charge in [0.05, 0.1) is 11.4 Å². The summed E-state index contributed by atoms with van der Waals surface area (Å²) in [4.78, 5) is 10.6. The fourth-order valence-electron chi connectivity index (χ4n) is 8.07. The number of aromatic nitrogens is 2. The molecule has 8 rings (SSSR count). The quantitative estimate of drug-likeness (QED) is 0.122.